The molecular formula is C33H30N2O6. The van der Waals surface area contributed by atoms with E-state index in [-0.39, 0.29) is 29.4 Å². The van der Waals surface area contributed by atoms with Crippen molar-refractivity contribution in [3.05, 3.63) is 101 Å². The van der Waals surface area contributed by atoms with E-state index >= 15 is 0 Å². The van der Waals surface area contributed by atoms with E-state index in [2.05, 4.69) is 5.32 Å². The minimum absolute atomic E-state index is 0.0943. The van der Waals surface area contributed by atoms with Gasteiger partial charge in [0.2, 0.25) is 11.8 Å². The van der Waals surface area contributed by atoms with E-state index in [9.17, 15) is 24.0 Å². The highest BCUT2D eigenvalue weighted by molar-refractivity contribution is 6.10. The number of rotatable bonds is 7. The summed E-state index contributed by atoms with van der Waals surface area (Å²) in [6, 6.07) is 21.1. The Kier molecular flexibility index (Phi) is 6.56. The summed E-state index contributed by atoms with van der Waals surface area (Å²) in [5, 5.41) is 2.62. The van der Waals surface area contributed by atoms with Crippen molar-refractivity contribution in [1.29, 1.82) is 0 Å². The molecule has 3 amide bonds. The molecule has 1 heterocycles. The van der Waals surface area contributed by atoms with Gasteiger partial charge < -0.3 is 10.1 Å². The third-order valence-electron chi connectivity index (χ3n) is 8.55. The second-order valence-electron chi connectivity index (χ2n) is 11.3. The molecule has 7 rings (SSSR count). The lowest BCUT2D eigenvalue weighted by atomic mass is 9.55. The Morgan fingerprint density at radius 3 is 1.66 bits per heavy atom. The summed E-state index contributed by atoms with van der Waals surface area (Å²) in [6.07, 6.45) is 0. The maximum Gasteiger partial charge on any atom is 0.330 e. The Labute approximate surface area is 237 Å². The quantitative estimate of drug-likeness (QED) is 0.267. The van der Waals surface area contributed by atoms with Crippen LogP contribution in [0.25, 0.3) is 0 Å². The maximum absolute atomic E-state index is 14.1. The average molecular weight is 551 g/mol. The molecule has 1 fully saturated rings. The van der Waals surface area contributed by atoms with Crippen LogP contribution >= 0.6 is 0 Å². The van der Waals surface area contributed by atoms with Gasteiger partial charge in [0.25, 0.3) is 5.91 Å². The second-order valence-corrected chi connectivity index (χ2v) is 11.3. The van der Waals surface area contributed by atoms with Crippen molar-refractivity contribution in [2.24, 2.45) is 17.8 Å². The van der Waals surface area contributed by atoms with Gasteiger partial charge in [0, 0.05) is 23.1 Å². The first-order chi connectivity index (χ1) is 19.7. The zero-order valence-corrected chi connectivity index (χ0v) is 23.0. The Hall–Kier alpha value is -4.59. The van der Waals surface area contributed by atoms with E-state index in [4.69, 9.17) is 4.74 Å². The number of hydrogen-bond donors (Lipinski definition) is 1. The topological polar surface area (TPSA) is 110 Å². The van der Waals surface area contributed by atoms with E-state index in [1.165, 1.54) is 6.92 Å². The number of benzene rings is 3. The average Bonchev–Trinajstić information content (AvgIpc) is 3.22. The van der Waals surface area contributed by atoms with Crippen molar-refractivity contribution in [2.45, 2.75) is 38.6 Å². The molecule has 1 aliphatic heterocycles. The molecule has 3 aliphatic carbocycles. The Balaban J connectivity index is 1.23. The number of nitrogens with zero attached hydrogens (tertiary/aromatic N) is 1. The van der Waals surface area contributed by atoms with Crippen LogP contribution in [0.4, 0.5) is 5.69 Å². The summed E-state index contributed by atoms with van der Waals surface area (Å²) in [7, 11) is 0. The highest BCUT2D eigenvalue weighted by atomic mass is 16.5. The van der Waals surface area contributed by atoms with Crippen LogP contribution in [0.2, 0.25) is 0 Å². The van der Waals surface area contributed by atoms with Crippen LogP contribution in [0.1, 0.15) is 65.2 Å². The number of carbonyl (C=O) groups excluding carboxylic acids is 5. The zero-order chi connectivity index (χ0) is 29.0. The molecule has 8 nitrogen and oxygen atoms in total. The minimum atomic E-state index is -1.16. The number of hydrogen-bond acceptors (Lipinski definition) is 6. The van der Waals surface area contributed by atoms with Gasteiger partial charge in [0.05, 0.1) is 11.8 Å². The van der Waals surface area contributed by atoms with E-state index < -0.39 is 42.3 Å². The van der Waals surface area contributed by atoms with E-state index in [1.807, 2.05) is 48.5 Å². The van der Waals surface area contributed by atoms with Crippen molar-refractivity contribution in [3.8, 4) is 0 Å². The molecule has 1 N–H and O–H groups in total. The van der Waals surface area contributed by atoms with Gasteiger partial charge in [-0.05, 0) is 59.4 Å². The Bertz CT molecular complexity index is 1480. The predicted molar refractivity (Wildman–Crippen MR) is 150 cm³/mol. The van der Waals surface area contributed by atoms with Crippen LogP contribution in [0, 0.1) is 17.8 Å². The highest BCUT2D eigenvalue weighted by Gasteiger charge is 2.63. The van der Waals surface area contributed by atoms with Gasteiger partial charge in [-0.25, -0.2) is 4.79 Å². The molecule has 3 atom stereocenters. The number of likely N-dealkylation sites (tertiary alicyclic amines) is 1. The standard InChI is InChI=1S/C33H30N2O6/c1-17(2)30(33(40)41-16-25(37)34-20-14-12-19(13-15-20)18(3)36)35-31(38)28-26-21-8-4-5-9-22(21)27(29(28)32(35)39)24-11-7-6-10-23(24)26/h4-15,17,26-30H,16H2,1-3H3,(H,34,37)/t26?,27?,28-,29-,30+/m1/s1. The molecule has 0 unspecified atom stereocenters. The van der Waals surface area contributed by atoms with E-state index in [0.717, 1.165) is 27.2 Å². The smallest absolute Gasteiger partial charge is 0.330 e. The molecule has 0 spiro atoms. The number of Topliss-reactive ketones (excluding diaryl/α,β-unsaturated/α-hetero) is 1. The highest BCUT2D eigenvalue weighted by Crippen LogP contribution is 2.61. The number of ether oxygens (including phenoxy) is 1. The third kappa shape index (κ3) is 4.25. The van der Waals surface area contributed by atoms with Crippen LogP contribution in [-0.4, -0.2) is 47.0 Å². The van der Waals surface area contributed by atoms with E-state index in [1.54, 1.807) is 38.1 Å². The molecule has 0 aromatic heterocycles. The number of anilines is 1. The molecule has 3 aromatic rings. The third-order valence-corrected chi connectivity index (χ3v) is 8.55. The van der Waals surface area contributed by atoms with Crippen molar-refractivity contribution in [1.82, 2.24) is 4.90 Å². The molecular weight excluding hydrogens is 520 g/mol. The fourth-order valence-electron chi connectivity index (χ4n) is 6.86. The van der Waals surface area contributed by atoms with Gasteiger partial charge in [-0.3, -0.25) is 24.1 Å². The molecule has 0 radical (unpaired) electrons. The van der Waals surface area contributed by atoms with Gasteiger partial charge in [0.15, 0.2) is 12.4 Å². The lowest BCUT2D eigenvalue weighted by molar-refractivity contribution is -0.162. The molecule has 1 saturated heterocycles. The first-order valence-electron chi connectivity index (χ1n) is 13.8. The lowest BCUT2D eigenvalue weighted by Crippen LogP contribution is -2.49. The monoisotopic (exact) mass is 550 g/mol. The summed E-state index contributed by atoms with van der Waals surface area (Å²) in [5.74, 6) is -4.40. The summed E-state index contributed by atoms with van der Waals surface area (Å²) < 4.78 is 5.37. The molecule has 4 aliphatic rings. The number of carbonyl (C=O) groups is 5. The number of ketones is 1. The molecule has 0 saturated carbocycles. The van der Waals surface area contributed by atoms with Crippen molar-refractivity contribution in [3.63, 3.8) is 0 Å². The summed E-state index contributed by atoms with van der Waals surface area (Å²) in [4.78, 5) is 66.6. The van der Waals surface area contributed by atoms with Crippen molar-refractivity contribution in [2.75, 3.05) is 11.9 Å². The lowest BCUT2D eigenvalue weighted by Gasteiger charge is -2.45. The fraction of sp³-hybridized carbons (Fsp3) is 0.303. The van der Waals surface area contributed by atoms with Gasteiger partial charge >= 0.3 is 5.97 Å². The SMILES string of the molecule is CC(=O)c1ccc(NC(=O)COC(=O)[C@H](C(C)C)N2C(=O)[C@@H]3C4c5ccccc5C(c5ccccc54)[C@H]3C2=O)cc1. The Morgan fingerprint density at radius 1 is 0.780 bits per heavy atom. The zero-order valence-electron chi connectivity index (χ0n) is 23.0. The molecule has 3 aromatic carbocycles. The van der Waals surface area contributed by atoms with E-state index in [0.29, 0.717) is 11.3 Å². The fourth-order valence-corrected chi connectivity index (χ4v) is 6.86. The van der Waals surface area contributed by atoms with Gasteiger partial charge in [-0.15, -0.1) is 0 Å². The predicted octanol–water partition coefficient (Wildman–Crippen LogP) is 4.29. The van der Waals surface area contributed by atoms with Crippen LogP contribution in [0.3, 0.4) is 0 Å². The Morgan fingerprint density at radius 2 is 1.24 bits per heavy atom. The van der Waals surface area contributed by atoms with Crippen LogP contribution in [0.15, 0.2) is 72.8 Å². The van der Waals surface area contributed by atoms with Crippen molar-refractivity contribution >= 4 is 35.2 Å². The molecule has 2 bridgehead atoms. The first-order valence-corrected chi connectivity index (χ1v) is 13.8. The van der Waals surface area contributed by atoms with Crippen LogP contribution in [-0.2, 0) is 23.9 Å². The first kappa shape index (κ1) is 26.6. The van der Waals surface area contributed by atoms with Gasteiger partial charge in [0.1, 0.15) is 6.04 Å². The van der Waals surface area contributed by atoms with Gasteiger partial charge in [-0.2, -0.15) is 0 Å². The van der Waals surface area contributed by atoms with Crippen LogP contribution in [0.5, 0.6) is 0 Å². The molecule has 208 valence electrons. The number of esters is 1. The second kappa shape index (κ2) is 10.1. The molecule has 8 heteroatoms. The summed E-state index contributed by atoms with van der Waals surface area (Å²) >= 11 is 0. The van der Waals surface area contributed by atoms with Gasteiger partial charge in [-0.1, -0.05) is 62.4 Å². The number of nitrogens with one attached hydrogen (secondary N) is 1. The molecule has 41 heavy (non-hydrogen) atoms. The number of amides is 3. The normalized spacial score (nSPS) is 22.6. The number of imide groups is 1. The van der Waals surface area contributed by atoms with Crippen LogP contribution < -0.4 is 5.32 Å². The maximum atomic E-state index is 14.1. The summed E-state index contributed by atoms with van der Waals surface area (Å²) in [5.41, 5.74) is 5.16. The minimum Gasteiger partial charge on any atom is -0.454 e. The summed E-state index contributed by atoms with van der Waals surface area (Å²) in [6.45, 7) is 4.37. The largest absolute Gasteiger partial charge is 0.454 e. The van der Waals surface area contributed by atoms with Crippen molar-refractivity contribution < 1.29 is 28.7 Å².